The lowest BCUT2D eigenvalue weighted by Gasteiger charge is -2.06. The molecule has 0 spiro atoms. The Hall–Kier alpha value is -2.18. The van der Waals surface area contributed by atoms with Crippen molar-refractivity contribution in [2.75, 3.05) is 13.7 Å². The average Bonchev–Trinajstić information content (AvgIpc) is 3.06. The zero-order valence-corrected chi connectivity index (χ0v) is 17.3. The molecule has 4 rings (SSSR count). The number of nitrogens with zero attached hydrogens (tertiary/aromatic N) is 2. The van der Waals surface area contributed by atoms with Gasteiger partial charge in [0.2, 0.25) is 0 Å². The van der Waals surface area contributed by atoms with Crippen LogP contribution in [0.2, 0.25) is 10.0 Å². The predicted molar refractivity (Wildman–Crippen MR) is 116 cm³/mol. The summed E-state index contributed by atoms with van der Waals surface area (Å²) in [6.45, 7) is 0.979. The maximum Gasteiger partial charge on any atom is 0.279 e. The van der Waals surface area contributed by atoms with Gasteiger partial charge < -0.3 is 9.30 Å². The molecule has 4 nitrogen and oxygen atoms in total. The summed E-state index contributed by atoms with van der Waals surface area (Å²) in [4.78, 5) is 17.8. The first-order valence-corrected chi connectivity index (χ1v) is 10.2. The molecule has 0 unspecified atom stereocenters. The van der Waals surface area contributed by atoms with Crippen LogP contribution in [0.3, 0.4) is 0 Å². The summed E-state index contributed by atoms with van der Waals surface area (Å²) < 4.78 is 8.01. The van der Waals surface area contributed by atoms with E-state index in [1.54, 1.807) is 19.2 Å². The first kappa shape index (κ1) is 19.2. The molecule has 28 heavy (non-hydrogen) atoms. The van der Waals surface area contributed by atoms with Crippen LogP contribution < -0.4 is 4.80 Å². The highest BCUT2D eigenvalue weighted by Crippen LogP contribution is 2.32. The van der Waals surface area contributed by atoms with Crippen molar-refractivity contribution >= 4 is 61.4 Å². The molecule has 7 heteroatoms. The minimum atomic E-state index is -0.300. The first-order valence-electron chi connectivity index (χ1n) is 8.62. The summed E-state index contributed by atoms with van der Waals surface area (Å²) in [6, 6.07) is 17.1. The number of ether oxygens (including phenoxy) is 1. The third-order valence-corrected chi connectivity index (χ3v) is 6.28. The lowest BCUT2D eigenvalue weighted by Crippen LogP contribution is -2.19. The van der Waals surface area contributed by atoms with Crippen LogP contribution in [0, 0.1) is 0 Å². The minimum absolute atomic E-state index is 0.300. The number of amides is 1. The zero-order chi connectivity index (χ0) is 19.7. The summed E-state index contributed by atoms with van der Waals surface area (Å²) in [5, 5.41) is 3.00. The van der Waals surface area contributed by atoms with Gasteiger partial charge in [-0.2, -0.15) is 4.99 Å². The van der Waals surface area contributed by atoms with Gasteiger partial charge in [-0.05, 0) is 35.0 Å². The highest BCUT2D eigenvalue weighted by molar-refractivity contribution is 7.16. The topological polar surface area (TPSA) is 43.6 Å². The van der Waals surface area contributed by atoms with Crippen LogP contribution in [-0.4, -0.2) is 24.2 Å². The van der Waals surface area contributed by atoms with E-state index in [1.165, 1.54) is 11.3 Å². The first-order chi connectivity index (χ1) is 13.6. The van der Waals surface area contributed by atoms with Gasteiger partial charge in [0.05, 0.1) is 26.9 Å². The molecule has 0 aliphatic carbocycles. The number of aromatic nitrogens is 1. The van der Waals surface area contributed by atoms with Gasteiger partial charge in [0.15, 0.2) is 4.80 Å². The number of carbonyl (C=O) groups excluding carboxylic acids is 1. The maximum atomic E-state index is 12.8. The van der Waals surface area contributed by atoms with Crippen LogP contribution in [0.25, 0.3) is 21.0 Å². The largest absolute Gasteiger partial charge is 0.383 e. The fourth-order valence-electron chi connectivity index (χ4n) is 3.05. The predicted octanol–water partition coefficient (Wildman–Crippen LogP) is 5.55. The summed E-state index contributed by atoms with van der Waals surface area (Å²) in [6.07, 6.45) is 0. The van der Waals surface area contributed by atoms with Crippen molar-refractivity contribution in [2.45, 2.75) is 6.54 Å². The SMILES string of the molecule is COCCn1c(=NC(=O)c2ccc3ccccc3c2)sc2ccc(Cl)c(Cl)c21. The molecule has 0 saturated carbocycles. The second kappa shape index (κ2) is 8.05. The van der Waals surface area contributed by atoms with Crippen LogP contribution in [0.4, 0.5) is 0 Å². The number of methoxy groups -OCH3 is 1. The molecule has 142 valence electrons. The quantitative estimate of drug-likeness (QED) is 0.425. The van der Waals surface area contributed by atoms with E-state index in [4.69, 9.17) is 27.9 Å². The molecular formula is C21H16Cl2N2O2S. The standard InChI is InChI=1S/C21H16Cl2N2O2S/c1-27-11-10-25-19-17(9-8-16(22)18(19)23)28-21(25)24-20(26)15-7-6-13-4-2-3-5-14(13)12-15/h2-9,12H,10-11H2,1H3. The second-order valence-electron chi connectivity index (χ2n) is 6.22. The van der Waals surface area contributed by atoms with Crippen molar-refractivity contribution in [1.82, 2.24) is 4.57 Å². The van der Waals surface area contributed by atoms with Crippen LogP contribution in [0.15, 0.2) is 59.6 Å². The lowest BCUT2D eigenvalue weighted by atomic mass is 10.1. The fourth-order valence-corrected chi connectivity index (χ4v) is 4.59. The monoisotopic (exact) mass is 430 g/mol. The van der Waals surface area contributed by atoms with Gasteiger partial charge in [-0.25, -0.2) is 0 Å². The summed E-state index contributed by atoms with van der Waals surface area (Å²) in [7, 11) is 1.63. The Morgan fingerprint density at radius 2 is 1.89 bits per heavy atom. The number of thiazole rings is 1. The Morgan fingerprint density at radius 3 is 2.68 bits per heavy atom. The molecule has 0 fully saturated rings. The van der Waals surface area contributed by atoms with Crippen molar-refractivity contribution in [3.63, 3.8) is 0 Å². The smallest absolute Gasteiger partial charge is 0.279 e. The van der Waals surface area contributed by atoms with Gasteiger partial charge in [0.25, 0.3) is 5.91 Å². The van der Waals surface area contributed by atoms with Crippen molar-refractivity contribution < 1.29 is 9.53 Å². The highest BCUT2D eigenvalue weighted by Gasteiger charge is 2.14. The number of benzene rings is 3. The minimum Gasteiger partial charge on any atom is -0.383 e. The molecule has 3 aromatic carbocycles. The molecular weight excluding hydrogens is 415 g/mol. The molecule has 4 aromatic rings. The van der Waals surface area contributed by atoms with Crippen molar-refractivity contribution in [3.8, 4) is 0 Å². The molecule has 0 N–H and O–H groups in total. The highest BCUT2D eigenvalue weighted by atomic mass is 35.5. The van der Waals surface area contributed by atoms with E-state index in [9.17, 15) is 4.79 Å². The average molecular weight is 431 g/mol. The summed E-state index contributed by atoms with van der Waals surface area (Å²) in [5.74, 6) is -0.300. The van der Waals surface area contributed by atoms with Crippen molar-refractivity contribution in [1.29, 1.82) is 0 Å². The third kappa shape index (κ3) is 3.59. The second-order valence-corrected chi connectivity index (χ2v) is 8.01. The number of halogens is 2. The molecule has 0 aliphatic rings. The van der Waals surface area contributed by atoms with Crippen molar-refractivity contribution in [3.05, 3.63) is 75.0 Å². The Balaban J connectivity index is 1.85. The van der Waals surface area contributed by atoms with Crippen LogP contribution in [-0.2, 0) is 11.3 Å². The Kier molecular flexibility index (Phi) is 5.51. The van der Waals surface area contributed by atoms with Crippen LogP contribution in [0.5, 0.6) is 0 Å². The Labute approximate surface area is 175 Å². The molecule has 0 saturated heterocycles. The number of hydrogen-bond acceptors (Lipinski definition) is 3. The Bertz CT molecular complexity index is 1260. The summed E-state index contributed by atoms with van der Waals surface area (Å²) >= 11 is 14.0. The Morgan fingerprint density at radius 1 is 1.11 bits per heavy atom. The molecule has 1 amide bonds. The molecule has 1 aromatic heterocycles. The number of carbonyl (C=O) groups is 1. The van der Waals surface area contributed by atoms with E-state index in [0.717, 1.165) is 21.0 Å². The molecule has 1 heterocycles. The van der Waals surface area contributed by atoms with Gasteiger partial charge in [-0.3, -0.25) is 4.79 Å². The van der Waals surface area contributed by atoms with Crippen LogP contribution >= 0.6 is 34.5 Å². The van der Waals surface area contributed by atoms with Gasteiger partial charge in [-0.15, -0.1) is 0 Å². The zero-order valence-electron chi connectivity index (χ0n) is 15.0. The number of rotatable bonds is 4. The van der Waals surface area contributed by atoms with Gasteiger partial charge in [-0.1, -0.05) is 64.9 Å². The van der Waals surface area contributed by atoms with E-state index < -0.39 is 0 Å². The maximum absolute atomic E-state index is 12.8. The fraction of sp³-hybridized carbons (Fsp3) is 0.143. The lowest BCUT2D eigenvalue weighted by molar-refractivity contribution is 0.0997. The van der Waals surface area contributed by atoms with E-state index >= 15 is 0 Å². The molecule has 0 bridgehead atoms. The summed E-state index contributed by atoms with van der Waals surface area (Å²) in [5.41, 5.74) is 1.31. The van der Waals surface area contributed by atoms with Gasteiger partial charge in [0.1, 0.15) is 0 Å². The normalized spacial score (nSPS) is 12.2. The molecule has 0 aliphatic heterocycles. The van der Waals surface area contributed by atoms with Crippen LogP contribution in [0.1, 0.15) is 10.4 Å². The third-order valence-electron chi connectivity index (χ3n) is 4.45. The number of fused-ring (bicyclic) bond motifs is 2. The van der Waals surface area contributed by atoms with E-state index in [1.807, 2.05) is 47.0 Å². The van der Waals surface area contributed by atoms with E-state index in [2.05, 4.69) is 4.99 Å². The number of hydrogen-bond donors (Lipinski definition) is 0. The molecule has 0 atom stereocenters. The molecule has 0 radical (unpaired) electrons. The van der Waals surface area contributed by atoms with Gasteiger partial charge >= 0.3 is 0 Å². The van der Waals surface area contributed by atoms with E-state index in [-0.39, 0.29) is 5.91 Å². The van der Waals surface area contributed by atoms with E-state index in [0.29, 0.717) is 33.6 Å². The van der Waals surface area contributed by atoms with Crippen molar-refractivity contribution in [2.24, 2.45) is 4.99 Å². The van der Waals surface area contributed by atoms with Gasteiger partial charge in [0, 0.05) is 19.2 Å².